The first-order valence-electron chi connectivity index (χ1n) is 10.4. The van der Waals surface area contributed by atoms with Crippen LogP contribution < -0.4 is 10.6 Å². The fourth-order valence-electron chi connectivity index (χ4n) is 3.07. The monoisotopic (exact) mass is 458 g/mol. The Balaban J connectivity index is 2.00. The molecule has 2 atom stereocenters. The van der Waals surface area contributed by atoms with Crippen molar-refractivity contribution in [2.24, 2.45) is 0 Å². The molecule has 0 radical (unpaired) electrons. The third kappa shape index (κ3) is 9.43. The van der Waals surface area contributed by atoms with Gasteiger partial charge in [0.1, 0.15) is 12.6 Å². The molecular formula is C24H30N2O5S. The highest BCUT2D eigenvalue weighted by molar-refractivity contribution is 7.98. The number of nitrogens with one attached hydrogen (secondary N) is 2. The molecule has 2 rings (SSSR count). The van der Waals surface area contributed by atoms with Crippen molar-refractivity contribution in [3.8, 4) is 0 Å². The van der Waals surface area contributed by atoms with E-state index in [1.165, 1.54) is 7.11 Å². The van der Waals surface area contributed by atoms with E-state index in [0.717, 1.165) is 11.1 Å². The first-order valence-corrected chi connectivity index (χ1v) is 11.8. The smallest absolute Gasteiger partial charge is 0.408 e. The number of methoxy groups -OCH3 is 1. The highest BCUT2D eigenvalue weighted by Crippen LogP contribution is 2.09. The Labute approximate surface area is 193 Å². The average molecular weight is 459 g/mol. The Kier molecular flexibility index (Phi) is 11.2. The summed E-state index contributed by atoms with van der Waals surface area (Å²) in [6, 6.07) is 17.6. The van der Waals surface area contributed by atoms with Crippen LogP contribution in [0.5, 0.6) is 0 Å². The molecule has 0 bridgehead atoms. The van der Waals surface area contributed by atoms with E-state index in [0.29, 0.717) is 18.6 Å². The number of carbonyl (C=O) groups excluding carboxylic acids is 3. The predicted octanol–water partition coefficient (Wildman–Crippen LogP) is 3.33. The van der Waals surface area contributed by atoms with Gasteiger partial charge in [-0.05, 0) is 36.0 Å². The topological polar surface area (TPSA) is 93.7 Å². The van der Waals surface area contributed by atoms with Gasteiger partial charge in [0.2, 0.25) is 5.91 Å². The molecular weight excluding hydrogens is 428 g/mol. The maximum atomic E-state index is 13.0. The normalized spacial score (nSPS) is 12.3. The van der Waals surface area contributed by atoms with Crippen LogP contribution in [0.2, 0.25) is 0 Å². The SMILES string of the molecule is COC(=O)CC(Cc1ccccc1)NC(=O)[C@@H](CCSC)NC(=O)OCc1ccccc1. The van der Waals surface area contributed by atoms with E-state index in [1.807, 2.05) is 66.9 Å². The molecule has 0 heterocycles. The molecule has 0 spiro atoms. The average Bonchev–Trinajstić information content (AvgIpc) is 2.81. The first-order chi connectivity index (χ1) is 15.5. The molecule has 2 amide bonds. The third-order valence-corrected chi connectivity index (χ3v) is 5.39. The van der Waals surface area contributed by atoms with E-state index in [1.54, 1.807) is 11.8 Å². The summed E-state index contributed by atoms with van der Waals surface area (Å²) in [4.78, 5) is 37.2. The molecule has 0 saturated carbocycles. The van der Waals surface area contributed by atoms with Crippen molar-refractivity contribution in [1.29, 1.82) is 0 Å². The molecule has 32 heavy (non-hydrogen) atoms. The molecule has 2 aromatic carbocycles. The Morgan fingerprint density at radius 1 is 0.938 bits per heavy atom. The molecule has 2 aromatic rings. The van der Waals surface area contributed by atoms with E-state index < -0.39 is 24.1 Å². The van der Waals surface area contributed by atoms with Crippen LogP contribution in [0.3, 0.4) is 0 Å². The number of alkyl carbamates (subject to hydrolysis) is 1. The van der Waals surface area contributed by atoms with Gasteiger partial charge in [-0.25, -0.2) is 4.79 Å². The summed E-state index contributed by atoms with van der Waals surface area (Å²) in [5.74, 6) is -0.0973. The second-order valence-corrected chi connectivity index (χ2v) is 8.20. The van der Waals surface area contributed by atoms with Gasteiger partial charge in [-0.3, -0.25) is 9.59 Å². The number of thioether (sulfide) groups is 1. The quantitative estimate of drug-likeness (QED) is 0.474. The molecule has 0 aliphatic rings. The minimum Gasteiger partial charge on any atom is -0.469 e. The second-order valence-electron chi connectivity index (χ2n) is 7.22. The summed E-state index contributed by atoms with van der Waals surface area (Å²) < 4.78 is 10.0. The highest BCUT2D eigenvalue weighted by Gasteiger charge is 2.25. The van der Waals surface area contributed by atoms with Gasteiger partial charge in [-0.1, -0.05) is 60.7 Å². The van der Waals surface area contributed by atoms with Crippen molar-refractivity contribution in [3.05, 3.63) is 71.8 Å². The Morgan fingerprint density at radius 3 is 2.16 bits per heavy atom. The Bertz CT molecular complexity index is 848. The highest BCUT2D eigenvalue weighted by atomic mass is 32.2. The Morgan fingerprint density at radius 2 is 1.56 bits per heavy atom. The van der Waals surface area contributed by atoms with Crippen LogP contribution in [0.1, 0.15) is 24.0 Å². The fourth-order valence-corrected chi connectivity index (χ4v) is 3.54. The maximum absolute atomic E-state index is 13.0. The van der Waals surface area contributed by atoms with Crippen molar-refractivity contribution < 1.29 is 23.9 Å². The maximum Gasteiger partial charge on any atom is 0.408 e. The molecule has 7 nitrogen and oxygen atoms in total. The van der Waals surface area contributed by atoms with Crippen molar-refractivity contribution in [1.82, 2.24) is 10.6 Å². The molecule has 172 valence electrons. The van der Waals surface area contributed by atoms with Crippen LogP contribution in [-0.2, 0) is 32.1 Å². The summed E-state index contributed by atoms with van der Waals surface area (Å²) in [6.07, 6.45) is 2.20. The molecule has 8 heteroatoms. The molecule has 0 saturated heterocycles. The number of esters is 1. The van der Waals surface area contributed by atoms with E-state index in [2.05, 4.69) is 10.6 Å². The molecule has 2 N–H and O–H groups in total. The molecule has 0 aromatic heterocycles. The predicted molar refractivity (Wildman–Crippen MR) is 125 cm³/mol. The van der Waals surface area contributed by atoms with Crippen LogP contribution in [0.15, 0.2) is 60.7 Å². The zero-order chi connectivity index (χ0) is 23.2. The largest absolute Gasteiger partial charge is 0.469 e. The number of benzene rings is 2. The fraction of sp³-hybridized carbons (Fsp3) is 0.375. The number of rotatable bonds is 12. The van der Waals surface area contributed by atoms with Crippen molar-refractivity contribution in [3.63, 3.8) is 0 Å². The van der Waals surface area contributed by atoms with Crippen LogP contribution in [-0.4, -0.2) is 49.2 Å². The summed E-state index contributed by atoms with van der Waals surface area (Å²) >= 11 is 1.57. The molecule has 0 aliphatic carbocycles. The number of hydrogen-bond acceptors (Lipinski definition) is 6. The molecule has 0 aliphatic heterocycles. The van der Waals surface area contributed by atoms with Gasteiger partial charge < -0.3 is 20.1 Å². The van der Waals surface area contributed by atoms with E-state index in [-0.39, 0.29) is 18.9 Å². The lowest BCUT2D eigenvalue weighted by Gasteiger charge is -2.23. The first kappa shape index (κ1) is 25.3. The summed E-state index contributed by atoms with van der Waals surface area (Å²) in [6.45, 7) is 0.114. The van der Waals surface area contributed by atoms with Gasteiger partial charge >= 0.3 is 12.1 Å². The zero-order valence-electron chi connectivity index (χ0n) is 18.4. The number of hydrogen-bond donors (Lipinski definition) is 2. The van der Waals surface area contributed by atoms with Crippen molar-refractivity contribution in [2.45, 2.75) is 38.0 Å². The lowest BCUT2D eigenvalue weighted by atomic mass is 10.0. The minimum absolute atomic E-state index is 0.0326. The van der Waals surface area contributed by atoms with Gasteiger partial charge in [0.15, 0.2) is 0 Å². The summed E-state index contributed by atoms with van der Waals surface area (Å²) in [5, 5.41) is 5.56. The Hall–Kier alpha value is -3.00. The molecule has 1 unspecified atom stereocenters. The third-order valence-electron chi connectivity index (χ3n) is 4.74. The summed E-state index contributed by atoms with van der Waals surface area (Å²) in [7, 11) is 1.31. The number of carbonyl (C=O) groups is 3. The standard InChI is InChI=1S/C24H30N2O5S/c1-30-22(27)16-20(15-18-9-5-3-6-10-18)25-23(28)21(13-14-32-2)26-24(29)31-17-19-11-7-4-8-12-19/h3-12,20-21H,13-17H2,1-2H3,(H,25,28)(H,26,29)/t20?,21-/m1/s1. The van der Waals surface area contributed by atoms with Crippen molar-refractivity contribution in [2.75, 3.05) is 19.1 Å². The van der Waals surface area contributed by atoms with Crippen LogP contribution >= 0.6 is 11.8 Å². The lowest BCUT2D eigenvalue weighted by molar-refractivity contribution is -0.141. The van der Waals surface area contributed by atoms with Gasteiger partial charge in [0.05, 0.1) is 13.5 Å². The van der Waals surface area contributed by atoms with E-state index in [4.69, 9.17) is 9.47 Å². The van der Waals surface area contributed by atoms with Gasteiger partial charge in [-0.2, -0.15) is 11.8 Å². The van der Waals surface area contributed by atoms with Gasteiger partial charge in [-0.15, -0.1) is 0 Å². The van der Waals surface area contributed by atoms with E-state index in [9.17, 15) is 14.4 Å². The van der Waals surface area contributed by atoms with Crippen LogP contribution in [0, 0.1) is 0 Å². The number of amides is 2. The second kappa shape index (κ2) is 14.1. The van der Waals surface area contributed by atoms with E-state index >= 15 is 0 Å². The molecule has 0 fully saturated rings. The van der Waals surface area contributed by atoms with Crippen LogP contribution in [0.4, 0.5) is 4.79 Å². The lowest BCUT2D eigenvalue weighted by Crippen LogP contribution is -2.51. The van der Waals surface area contributed by atoms with Crippen LogP contribution in [0.25, 0.3) is 0 Å². The van der Waals surface area contributed by atoms with Gasteiger partial charge in [0.25, 0.3) is 0 Å². The zero-order valence-corrected chi connectivity index (χ0v) is 19.2. The van der Waals surface area contributed by atoms with Crippen molar-refractivity contribution >= 4 is 29.7 Å². The minimum atomic E-state index is -0.776. The summed E-state index contributed by atoms with van der Waals surface area (Å²) in [5.41, 5.74) is 1.84. The van der Waals surface area contributed by atoms with Gasteiger partial charge in [0, 0.05) is 6.04 Å². The number of ether oxygens (including phenoxy) is 2.